The first-order valence-corrected chi connectivity index (χ1v) is 15.6. The van der Waals surface area contributed by atoms with Gasteiger partial charge in [0, 0.05) is 51.5 Å². The minimum absolute atomic E-state index is 0.178. The Morgan fingerprint density at radius 1 is 1.02 bits per heavy atom. The average molecular weight is 631 g/mol. The number of benzene rings is 3. The van der Waals surface area contributed by atoms with Crippen molar-refractivity contribution in [2.24, 2.45) is 5.41 Å². The fourth-order valence-corrected chi connectivity index (χ4v) is 7.16. The lowest BCUT2D eigenvalue weighted by Gasteiger charge is -2.24. The molecule has 1 N–H and O–H groups in total. The van der Waals surface area contributed by atoms with Crippen LogP contribution in [0.5, 0.6) is 5.75 Å². The van der Waals surface area contributed by atoms with Crippen molar-refractivity contribution in [3.63, 3.8) is 0 Å². The summed E-state index contributed by atoms with van der Waals surface area (Å²) in [5.41, 5.74) is 4.26. The Bertz CT molecular complexity index is 1870. The molecule has 1 aliphatic rings. The summed E-state index contributed by atoms with van der Waals surface area (Å²) < 4.78 is 49.0. The number of carboxylic acid groups (broad SMARTS) is 1. The number of hydrogen-bond donors (Lipinski definition) is 1. The Balaban J connectivity index is 1.39. The Hall–Kier alpha value is -4.24. The number of thioether (sulfide) groups is 1. The van der Waals surface area contributed by atoms with E-state index >= 15 is 0 Å². The lowest BCUT2D eigenvalue weighted by molar-refractivity contribution is -0.147. The van der Waals surface area contributed by atoms with Crippen molar-refractivity contribution >= 4 is 28.6 Å². The van der Waals surface area contributed by atoms with Gasteiger partial charge in [-0.05, 0) is 61.7 Å². The van der Waals surface area contributed by atoms with Crippen LogP contribution in [0, 0.1) is 5.41 Å². The van der Waals surface area contributed by atoms with Gasteiger partial charge in [0.2, 0.25) is 0 Å². The molecule has 6 rings (SSSR count). The highest BCUT2D eigenvalue weighted by Gasteiger charge is 2.35. The Kier molecular flexibility index (Phi) is 8.16. The second-order valence-corrected chi connectivity index (χ2v) is 13.6. The summed E-state index contributed by atoms with van der Waals surface area (Å²) in [6.45, 7) is 5.93. The molecule has 0 bridgehead atoms. The van der Waals surface area contributed by atoms with Crippen molar-refractivity contribution in [2.75, 3.05) is 0 Å². The van der Waals surface area contributed by atoms with Gasteiger partial charge in [-0.25, -0.2) is 0 Å². The fraction of sp³-hybridized carbons (Fsp3) is 0.278. The summed E-state index contributed by atoms with van der Waals surface area (Å²) in [5, 5.41) is 11.2. The molecular weight excluding hydrogens is 597 g/mol. The van der Waals surface area contributed by atoms with Gasteiger partial charge >= 0.3 is 12.1 Å². The molecule has 5 aromatic rings. The van der Waals surface area contributed by atoms with Crippen LogP contribution in [0.3, 0.4) is 0 Å². The molecule has 0 amide bonds. The third-order valence-corrected chi connectivity index (χ3v) is 9.50. The smallest absolute Gasteiger partial charge is 0.416 e. The van der Waals surface area contributed by atoms with Gasteiger partial charge in [-0.2, -0.15) is 13.2 Å². The van der Waals surface area contributed by atoms with E-state index in [4.69, 9.17) is 4.74 Å². The number of pyridine rings is 1. The zero-order valence-corrected chi connectivity index (χ0v) is 26.0. The van der Waals surface area contributed by atoms with Crippen molar-refractivity contribution in [2.45, 2.75) is 63.1 Å². The monoisotopic (exact) mass is 630 g/mol. The third kappa shape index (κ3) is 6.31. The van der Waals surface area contributed by atoms with Crippen LogP contribution in [-0.2, 0) is 37.0 Å². The number of hydrogen-bond acceptors (Lipinski definition) is 4. The number of carbonyl (C=O) groups is 1. The Morgan fingerprint density at radius 2 is 1.80 bits per heavy atom. The number of nitrogens with zero attached hydrogens (tertiary/aromatic N) is 2. The zero-order valence-electron chi connectivity index (χ0n) is 25.2. The number of halogens is 3. The predicted octanol–water partition coefficient (Wildman–Crippen LogP) is 9.04. The number of aromatic nitrogens is 2. The van der Waals surface area contributed by atoms with Crippen molar-refractivity contribution in [3.05, 3.63) is 113 Å². The Labute approximate surface area is 264 Å². The minimum Gasteiger partial charge on any atom is -0.487 e. The van der Waals surface area contributed by atoms with Crippen LogP contribution in [0.2, 0.25) is 0 Å². The van der Waals surface area contributed by atoms with Crippen LogP contribution in [0.4, 0.5) is 13.2 Å². The molecule has 1 atom stereocenters. The summed E-state index contributed by atoms with van der Waals surface area (Å²) in [7, 11) is 0. The number of aliphatic carboxylic acids is 1. The van der Waals surface area contributed by atoms with E-state index in [1.165, 1.54) is 12.1 Å². The lowest BCUT2D eigenvalue weighted by atomic mass is 9.87. The summed E-state index contributed by atoms with van der Waals surface area (Å²) in [4.78, 5) is 17.8. The molecule has 0 radical (unpaired) electrons. The molecule has 0 spiro atoms. The molecule has 0 saturated carbocycles. The summed E-state index contributed by atoms with van der Waals surface area (Å²) in [6.07, 6.45) is -1.67. The van der Waals surface area contributed by atoms with Crippen LogP contribution in [0.15, 0.2) is 90.0 Å². The lowest BCUT2D eigenvalue weighted by Crippen LogP contribution is -2.28. The molecule has 1 aliphatic heterocycles. The van der Waals surface area contributed by atoms with E-state index in [-0.39, 0.29) is 24.8 Å². The van der Waals surface area contributed by atoms with E-state index in [0.717, 1.165) is 62.1 Å². The summed E-state index contributed by atoms with van der Waals surface area (Å²) >= 11 is 1.68. The van der Waals surface area contributed by atoms with E-state index in [0.29, 0.717) is 5.56 Å². The van der Waals surface area contributed by atoms with Crippen molar-refractivity contribution in [3.8, 4) is 16.9 Å². The van der Waals surface area contributed by atoms with Crippen LogP contribution in [0.1, 0.15) is 48.8 Å². The van der Waals surface area contributed by atoms with Crippen LogP contribution in [-0.4, -0.2) is 25.9 Å². The maximum atomic E-state index is 13.6. The van der Waals surface area contributed by atoms with Gasteiger partial charge in [-0.3, -0.25) is 9.78 Å². The second-order valence-electron chi connectivity index (χ2n) is 12.2. The molecule has 9 heteroatoms. The normalized spacial score (nSPS) is 14.9. The first-order valence-electron chi connectivity index (χ1n) is 14.8. The van der Waals surface area contributed by atoms with E-state index in [1.54, 1.807) is 31.7 Å². The SMILES string of the molecule is CC1Cc2c(OCc3ccc(-c4ccccc4)cn3)ccc3c2c(c(CC(C)(C)C(=O)O)n3Cc2cccc(C(F)(F)F)c2)S1. The molecule has 3 heterocycles. The zero-order chi connectivity index (χ0) is 31.9. The molecule has 3 aromatic carbocycles. The van der Waals surface area contributed by atoms with E-state index in [2.05, 4.69) is 11.9 Å². The first-order chi connectivity index (χ1) is 21.4. The van der Waals surface area contributed by atoms with Gasteiger partial charge in [-0.15, -0.1) is 11.8 Å². The molecule has 45 heavy (non-hydrogen) atoms. The van der Waals surface area contributed by atoms with Gasteiger partial charge < -0.3 is 14.4 Å². The molecule has 0 saturated heterocycles. The van der Waals surface area contributed by atoms with Gasteiger partial charge in [0.15, 0.2) is 0 Å². The van der Waals surface area contributed by atoms with Crippen LogP contribution >= 0.6 is 11.8 Å². The number of ether oxygens (including phenoxy) is 1. The molecule has 2 aromatic heterocycles. The van der Waals surface area contributed by atoms with E-state index in [1.807, 2.05) is 65.4 Å². The highest BCUT2D eigenvalue weighted by atomic mass is 32.2. The molecule has 0 aliphatic carbocycles. The molecule has 5 nitrogen and oxygen atoms in total. The summed E-state index contributed by atoms with van der Waals surface area (Å²) in [6, 6.07) is 23.2. The molecule has 0 fully saturated rings. The number of carboxylic acids is 1. The first kappa shape index (κ1) is 30.8. The predicted molar refractivity (Wildman–Crippen MR) is 171 cm³/mol. The van der Waals surface area contributed by atoms with E-state index in [9.17, 15) is 23.1 Å². The van der Waals surface area contributed by atoms with Crippen molar-refractivity contribution in [1.82, 2.24) is 9.55 Å². The largest absolute Gasteiger partial charge is 0.487 e. The van der Waals surface area contributed by atoms with Gasteiger partial charge in [0.05, 0.1) is 22.2 Å². The quantitative estimate of drug-likeness (QED) is 0.176. The average Bonchev–Trinajstić information content (AvgIpc) is 3.28. The highest BCUT2D eigenvalue weighted by molar-refractivity contribution is 8.00. The Morgan fingerprint density at radius 3 is 2.49 bits per heavy atom. The van der Waals surface area contributed by atoms with Gasteiger partial charge in [0.1, 0.15) is 12.4 Å². The standard InChI is InChI=1S/C36H33F3N2O3S/c1-22-16-28-31(44-21-27-13-12-25(19-40-27)24-9-5-4-6-10-24)15-14-29-32(28)33(45-22)30(18-35(2,3)34(42)43)41(29)20-23-8-7-11-26(17-23)36(37,38)39/h4-15,17,19,22H,16,18,20-21H2,1-3H3,(H,42,43). The maximum absolute atomic E-state index is 13.6. The van der Waals surface area contributed by atoms with Crippen LogP contribution < -0.4 is 4.74 Å². The van der Waals surface area contributed by atoms with Crippen LogP contribution in [0.25, 0.3) is 22.0 Å². The summed E-state index contributed by atoms with van der Waals surface area (Å²) in [5.74, 6) is -0.209. The van der Waals surface area contributed by atoms with Gasteiger partial charge in [0.25, 0.3) is 0 Å². The fourth-order valence-electron chi connectivity index (χ4n) is 5.84. The van der Waals surface area contributed by atoms with Crippen molar-refractivity contribution < 1.29 is 27.8 Å². The molecule has 232 valence electrons. The maximum Gasteiger partial charge on any atom is 0.416 e. The molecular formula is C36H33F3N2O3S. The van der Waals surface area contributed by atoms with Crippen molar-refractivity contribution in [1.29, 1.82) is 0 Å². The van der Waals surface area contributed by atoms with Gasteiger partial charge in [-0.1, -0.05) is 55.5 Å². The highest BCUT2D eigenvalue weighted by Crippen LogP contribution is 2.48. The second kappa shape index (κ2) is 11.9. The topological polar surface area (TPSA) is 64.3 Å². The number of alkyl halides is 3. The minimum atomic E-state index is -4.46. The van der Waals surface area contributed by atoms with E-state index < -0.39 is 23.1 Å². The third-order valence-electron chi connectivity index (χ3n) is 8.26. The molecule has 1 unspecified atom stereocenters. The number of rotatable bonds is 9.